The summed E-state index contributed by atoms with van der Waals surface area (Å²) < 4.78 is 17.4. The van der Waals surface area contributed by atoms with Gasteiger partial charge in [-0.2, -0.15) is 0 Å². The number of fused-ring (bicyclic) bond motifs is 1. The summed E-state index contributed by atoms with van der Waals surface area (Å²) in [5, 5.41) is 1.81. The summed E-state index contributed by atoms with van der Waals surface area (Å²) in [6, 6.07) is 29.2. The Balaban J connectivity index is 1.60. The lowest BCUT2D eigenvalue weighted by atomic mass is 9.88. The van der Waals surface area contributed by atoms with Gasteiger partial charge in [0.2, 0.25) is 0 Å². The standard InChI is InChI=1S/C33H29ClFNO/c1-22-29-17-25(26-11-15-28(30(35)18-26)24-7-5-4-6-8-24)12-16-31(29)36(32(22)19-33(2,3)21-37)20-23-9-13-27(34)14-10-23/h4-18,21H,19-20H2,1-3H3. The highest BCUT2D eigenvalue weighted by Crippen LogP contribution is 2.35. The lowest BCUT2D eigenvalue weighted by molar-refractivity contribution is -0.114. The van der Waals surface area contributed by atoms with Gasteiger partial charge >= 0.3 is 0 Å². The number of aldehydes is 1. The van der Waals surface area contributed by atoms with Gasteiger partial charge in [-0.05, 0) is 71.5 Å². The highest BCUT2D eigenvalue weighted by molar-refractivity contribution is 6.30. The van der Waals surface area contributed by atoms with Crippen molar-refractivity contribution in [1.82, 2.24) is 4.57 Å². The minimum atomic E-state index is -0.490. The van der Waals surface area contributed by atoms with Crippen LogP contribution >= 0.6 is 11.6 Å². The summed E-state index contributed by atoms with van der Waals surface area (Å²) in [7, 11) is 0. The molecule has 0 saturated carbocycles. The van der Waals surface area contributed by atoms with Crippen LogP contribution in [0.3, 0.4) is 0 Å². The molecule has 4 heteroatoms. The Morgan fingerprint density at radius 3 is 2.22 bits per heavy atom. The molecule has 0 aliphatic carbocycles. The number of aromatic nitrogens is 1. The molecule has 5 aromatic rings. The molecule has 0 spiro atoms. The molecule has 0 aliphatic heterocycles. The van der Waals surface area contributed by atoms with Crippen LogP contribution in [0.2, 0.25) is 5.02 Å². The van der Waals surface area contributed by atoms with Crippen molar-refractivity contribution in [3.8, 4) is 22.3 Å². The topological polar surface area (TPSA) is 22.0 Å². The number of carbonyl (C=O) groups excluding carboxylic acids is 1. The number of hydrogen-bond acceptors (Lipinski definition) is 1. The van der Waals surface area contributed by atoms with Crippen molar-refractivity contribution in [2.45, 2.75) is 33.7 Å². The van der Waals surface area contributed by atoms with Gasteiger partial charge in [-0.25, -0.2) is 4.39 Å². The maximum absolute atomic E-state index is 15.1. The van der Waals surface area contributed by atoms with Crippen LogP contribution in [0.15, 0.2) is 91.0 Å². The van der Waals surface area contributed by atoms with E-state index >= 15 is 4.39 Å². The molecule has 1 heterocycles. The average molecular weight is 510 g/mol. The van der Waals surface area contributed by atoms with E-state index in [0.717, 1.165) is 50.7 Å². The van der Waals surface area contributed by atoms with Crippen molar-refractivity contribution in [3.63, 3.8) is 0 Å². The van der Waals surface area contributed by atoms with Crippen LogP contribution in [-0.2, 0) is 17.8 Å². The SMILES string of the molecule is Cc1c(CC(C)(C)C=O)n(Cc2ccc(Cl)cc2)c2ccc(-c3ccc(-c4ccccc4)c(F)c3)cc12. The fraction of sp³-hybridized carbons (Fsp3) is 0.182. The smallest absolute Gasteiger partial charge is 0.131 e. The summed E-state index contributed by atoms with van der Waals surface area (Å²) in [6.07, 6.45) is 1.65. The van der Waals surface area contributed by atoms with Gasteiger partial charge in [0, 0.05) is 39.1 Å². The zero-order chi connectivity index (χ0) is 26.2. The summed E-state index contributed by atoms with van der Waals surface area (Å²) in [4.78, 5) is 11.8. The van der Waals surface area contributed by atoms with Crippen molar-refractivity contribution in [3.05, 3.63) is 119 Å². The first-order chi connectivity index (χ1) is 17.8. The zero-order valence-corrected chi connectivity index (χ0v) is 22.0. The summed E-state index contributed by atoms with van der Waals surface area (Å²) in [6.45, 7) is 6.71. The monoisotopic (exact) mass is 509 g/mol. The Bertz CT molecular complexity index is 1580. The Hall–Kier alpha value is -3.69. The Kier molecular flexibility index (Phi) is 6.74. The summed E-state index contributed by atoms with van der Waals surface area (Å²) in [5.41, 5.74) is 7.25. The highest BCUT2D eigenvalue weighted by Gasteiger charge is 2.24. The molecule has 5 rings (SSSR count). The normalized spacial score (nSPS) is 11.7. The van der Waals surface area contributed by atoms with Gasteiger partial charge in [0.15, 0.2) is 0 Å². The molecular formula is C33H29ClFNO. The molecule has 37 heavy (non-hydrogen) atoms. The number of benzene rings is 4. The van der Waals surface area contributed by atoms with Crippen LogP contribution in [-0.4, -0.2) is 10.9 Å². The predicted molar refractivity (Wildman–Crippen MR) is 152 cm³/mol. The summed E-state index contributed by atoms with van der Waals surface area (Å²) in [5.74, 6) is -0.241. The third kappa shape index (κ3) is 5.10. The number of carbonyl (C=O) groups is 1. The van der Waals surface area contributed by atoms with Crippen molar-refractivity contribution < 1.29 is 9.18 Å². The number of rotatable bonds is 7. The van der Waals surface area contributed by atoms with Gasteiger partial charge in [0.05, 0.1) is 0 Å². The Morgan fingerprint density at radius 1 is 0.865 bits per heavy atom. The fourth-order valence-electron chi connectivity index (χ4n) is 4.96. The van der Waals surface area contributed by atoms with Gasteiger partial charge in [-0.3, -0.25) is 0 Å². The molecule has 0 aliphatic rings. The number of nitrogens with zero attached hydrogens (tertiary/aromatic N) is 1. The van der Waals surface area contributed by atoms with E-state index in [-0.39, 0.29) is 5.82 Å². The first kappa shape index (κ1) is 25.0. The molecule has 4 aromatic carbocycles. The quantitative estimate of drug-likeness (QED) is 0.201. The third-order valence-corrected chi connectivity index (χ3v) is 7.29. The maximum atomic E-state index is 15.1. The fourth-order valence-corrected chi connectivity index (χ4v) is 5.08. The van der Waals surface area contributed by atoms with Crippen LogP contribution < -0.4 is 0 Å². The van der Waals surface area contributed by atoms with Crippen molar-refractivity contribution in [1.29, 1.82) is 0 Å². The first-order valence-corrected chi connectivity index (χ1v) is 12.8. The maximum Gasteiger partial charge on any atom is 0.131 e. The minimum Gasteiger partial charge on any atom is -0.340 e. The predicted octanol–water partition coefficient (Wildman–Crippen LogP) is 8.89. The molecule has 0 fully saturated rings. The van der Waals surface area contributed by atoms with Gasteiger partial charge < -0.3 is 9.36 Å². The zero-order valence-electron chi connectivity index (χ0n) is 21.3. The molecule has 1 aromatic heterocycles. The van der Waals surface area contributed by atoms with E-state index < -0.39 is 5.41 Å². The second kappa shape index (κ2) is 9.99. The molecule has 0 bridgehead atoms. The van der Waals surface area contributed by atoms with E-state index in [0.29, 0.717) is 23.6 Å². The summed E-state index contributed by atoms with van der Waals surface area (Å²) >= 11 is 6.11. The second-order valence-electron chi connectivity index (χ2n) is 10.4. The lowest BCUT2D eigenvalue weighted by Gasteiger charge is -2.20. The molecule has 2 nitrogen and oxygen atoms in total. The second-order valence-corrected chi connectivity index (χ2v) is 10.8. The van der Waals surface area contributed by atoms with Crippen LogP contribution in [0.5, 0.6) is 0 Å². The van der Waals surface area contributed by atoms with Crippen LogP contribution in [0, 0.1) is 18.2 Å². The van der Waals surface area contributed by atoms with Gasteiger partial charge in [-0.1, -0.05) is 86.1 Å². The van der Waals surface area contributed by atoms with Crippen LogP contribution in [0.25, 0.3) is 33.2 Å². The molecule has 0 amide bonds. The van der Waals surface area contributed by atoms with E-state index in [1.807, 2.05) is 86.6 Å². The van der Waals surface area contributed by atoms with Crippen molar-refractivity contribution >= 4 is 28.8 Å². The minimum absolute atomic E-state index is 0.241. The molecule has 0 atom stereocenters. The largest absolute Gasteiger partial charge is 0.340 e. The highest BCUT2D eigenvalue weighted by atomic mass is 35.5. The van der Waals surface area contributed by atoms with Crippen LogP contribution in [0.4, 0.5) is 4.39 Å². The Labute approximate surface area is 222 Å². The van der Waals surface area contributed by atoms with E-state index in [4.69, 9.17) is 11.6 Å². The van der Waals surface area contributed by atoms with E-state index in [2.05, 4.69) is 23.6 Å². The van der Waals surface area contributed by atoms with Crippen molar-refractivity contribution in [2.75, 3.05) is 0 Å². The van der Waals surface area contributed by atoms with E-state index in [1.165, 1.54) is 0 Å². The number of hydrogen-bond donors (Lipinski definition) is 0. The average Bonchev–Trinajstić information content (AvgIpc) is 3.15. The van der Waals surface area contributed by atoms with Gasteiger partial charge in [0.1, 0.15) is 12.1 Å². The van der Waals surface area contributed by atoms with E-state index in [9.17, 15) is 4.79 Å². The number of aryl methyl sites for hydroxylation is 1. The molecular weight excluding hydrogens is 481 g/mol. The molecule has 0 N–H and O–H groups in total. The molecule has 0 radical (unpaired) electrons. The molecule has 186 valence electrons. The lowest BCUT2D eigenvalue weighted by Crippen LogP contribution is -2.19. The third-order valence-electron chi connectivity index (χ3n) is 7.03. The Morgan fingerprint density at radius 2 is 1.54 bits per heavy atom. The van der Waals surface area contributed by atoms with Gasteiger partial charge in [-0.15, -0.1) is 0 Å². The van der Waals surface area contributed by atoms with E-state index in [1.54, 1.807) is 6.07 Å². The molecule has 0 saturated heterocycles. The first-order valence-electron chi connectivity index (χ1n) is 12.4. The van der Waals surface area contributed by atoms with Crippen LogP contribution in [0.1, 0.15) is 30.7 Å². The van der Waals surface area contributed by atoms with Gasteiger partial charge in [0.25, 0.3) is 0 Å². The molecule has 0 unspecified atom stereocenters. The number of halogens is 2. The van der Waals surface area contributed by atoms with Crippen molar-refractivity contribution in [2.24, 2.45) is 5.41 Å².